The number of hydrogen-bond donors (Lipinski definition) is 2. The van der Waals surface area contributed by atoms with Crippen LogP contribution in [0.1, 0.15) is 28.9 Å². The molecule has 230 valence electrons. The fourth-order valence-corrected chi connectivity index (χ4v) is 6.03. The molecule has 0 bridgehead atoms. The number of nitrogens with zero attached hydrogens (tertiary/aromatic N) is 7. The smallest absolute Gasteiger partial charge is 0.284 e. The number of nitrogens with one attached hydrogen (secondary N) is 1. The van der Waals surface area contributed by atoms with Gasteiger partial charge in [-0.3, -0.25) is 14.3 Å². The first-order valence-corrected chi connectivity index (χ1v) is 15.1. The van der Waals surface area contributed by atoms with Crippen LogP contribution in [0.15, 0.2) is 47.5 Å². The molecule has 0 aliphatic carbocycles. The van der Waals surface area contributed by atoms with Gasteiger partial charge < -0.3 is 25.6 Å². The molecule has 3 N–H and O–H groups in total. The van der Waals surface area contributed by atoms with Crippen molar-refractivity contribution in [1.29, 1.82) is 0 Å². The van der Waals surface area contributed by atoms with E-state index in [-0.39, 0.29) is 17.7 Å². The Bertz CT molecular complexity index is 1780. The molecule has 2 aliphatic heterocycles. The Hall–Kier alpha value is -4.13. The van der Waals surface area contributed by atoms with Crippen molar-refractivity contribution >= 4 is 46.6 Å². The molecule has 5 heterocycles. The highest BCUT2D eigenvalue weighted by Crippen LogP contribution is 2.29. The number of nitrogen functional groups attached to an aromatic ring is 1. The van der Waals surface area contributed by atoms with Crippen LogP contribution in [-0.2, 0) is 11.8 Å². The van der Waals surface area contributed by atoms with Crippen LogP contribution in [0.3, 0.4) is 0 Å². The molecule has 12 nitrogen and oxygen atoms in total. The van der Waals surface area contributed by atoms with E-state index in [0.29, 0.717) is 64.7 Å². The summed E-state index contributed by atoms with van der Waals surface area (Å²) in [7, 11) is 3.42. The number of carbonyl (C=O) groups excluding carboxylic acids is 1. The number of benzene rings is 1. The normalized spacial score (nSPS) is 15.8. The summed E-state index contributed by atoms with van der Waals surface area (Å²) in [4.78, 5) is 44.8. The zero-order chi connectivity index (χ0) is 31.1. The number of anilines is 3. The van der Waals surface area contributed by atoms with E-state index < -0.39 is 11.5 Å². The molecule has 1 aromatic carbocycles. The van der Waals surface area contributed by atoms with Crippen molar-refractivity contribution in [2.75, 3.05) is 48.8 Å². The Balaban J connectivity index is 1.14. The van der Waals surface area contributed by atoms with E-state index in [1.165, 1.54) is 4.68 Å². The molecule has 2 aliphatic rings. The lowest BCUT2D eigenvalue weighted by molar-refractivity contribution is 0.0783. The number of methoxy groups -OCH3 is 1. The molecule has 44 heavy (non-hydrogen) atoms. The summed E-state index contributed by atoms with van der Waals surface area (Å²) in [5.74, 6) is 1.39. The maximum Gasteiger partial charge on any atom is 0.284 e. The minimum Gasteiger partial charge on any atom is -0.381 e. The van der Waals surface area contributed by atoms with Gasteiger partial charge in [0.15, 0.2) is 11.6 Å². The number of hydrogen-bond acceptors (Lipinski definition) is 9. The van der Waals surface area contributed by atoms with Gasteiger partial charge in [0.05, 0.1) is 34.4 Å². The summed E-state index contributed by atoms with van der Waals surface area (Å²) < 4.78 is 8.35. The molecule has 3 aromatic heterocycles. The highest BCUT2D eigenvalue weighted by atomic mass is 35.5. The van der Waals surface area contributed by atoms with Crippen LogP contribution >= 0.6 is 23.2 Å². The summed E-state index contributed by atoms with van der Waals surface area (Å²) >= 11 is 12.5. The first-order valence-electron chi connectivity index (χ1n) is 14.3. The van der Waals surface area contributed by atoms with E-state index >= 15 is 0 Å². The van der Waals surface area contributed by atoms with E-state index in [1.54, 1.807) is 56.4 Å². The van der Waals surface area contributed by atoms with Gasteiger partial charge in [-0.2, -0.15) is 0 Å². The third kappa shape index (κ3) is 5.60. The second-order valence-corrected chi connectivity index (χ2v) is 11.9. The van der Waals surface area contributed by atoms with Gasteiger partial charge in [-0.15, -0.1) is 0 Å². The Kier molecular flexibility index (Phi) is 8.23. The molecular weight excluding hydrogens is 605 g/mol. The zero-order valence-electron chi connectivity index (χ0n) is 24.6. The number of aromatic nitrogens is 5. The topological polar surface area (TPSA) is 136 Å². The maximum atomic E-state index is 13.4. The first-order chi connectivity index (χ1) is 21.1. The predicted octanol–water partition coefficient (Wildman–Crippen LogP) is 3.46. The number of pyridine rings is 1. The Morgan fingerprint density at radius 3 is 2.57 bits per heavy atom. The SMILES string of the molecule is COC1CN(c2cc(-c3cnc(N)c(N4CCC(NC(=O)c5c(C)n(C)n(-c6cc(Cl)ccc6Cl)c5=O)CC4)n3)ccn2)C1. The number of carbonyl (C=O) groups is 1. The third-order valence-corrected chi connectivity index (χ3v) is 8.93. The molecule has 0 spiro atoms. The molecule has 1 amide bonds. The van der Waals surface area contributed by atoms with Gasteiger partial charge in [0.1, 0.15) is 11.4 Å². The molecule has 4 aromatic rings. The minimum absolute atomic E-state index is 0.0708. The van der Waals surface area contributed by atoms with Crippen LogP contribution in [0.25, 0.3) is 16.9 Å². The van der Waals surface area contributed by atoms with E-state index in [1.807, 2.05) is 12.1 Å². The van der Waals surface area contributed by atoms with Gasteiger partial charge >= 0.3 is 0 Å². The lowest BCUT2D eigenvalue weighted by Crippen LogP contribution is -2.52. The summed E-state index contributed by atoms with van der Waals surface area (Å²) in [6, 6.07) is 8.63. The van der Waals surface area contributed by atoms with Crippen LogP contribution in [0.5, 0.6) is 0 Å². The van der Waals surface area contributed by atoms with E-state index in [9.17, 15) is 9.59 Å². The number of halogens is 2. The fourth-order valence-electron chi connectivity index (χ4n) is 5.67. The third-order valence-electron chi connectivity index (χ3n) is 8.37. The van der Waals surface area contributed by atoms with Crippen molar-refractivity contribution < 1.29 is 9.53 Å². The molecule has 0 unspecified atom stereocenters. The molecule has 0 saturated carbocycles. The van der Waals surface area contributed by atoms with Crippen molar-refractivity contribution in [3.63, 3.8) is 0 Å². The van der Waals surface area contributed by atoms with Crippen LogP contribution in [0.4, 0.5) is 17.5 Å². The number of amides is 1. The molecule has 14 heteroatoms. The van der Waals surface area contributed by atoms with Crippen molar-refractivity contribution in [2.45, 2.75) is 31.9 Å². The first kappa shape index (κ1) is 29.9. The van der Waals surface area contributed by atoms with E-state index in [4.69, 9.17) is 38.7 Å². The summed E-state index contributed by atoms with van der Waals surface area (Å²) in [5, 5.41) is 3.84. The average molecular weight is 639 g/mol. The highest BCUT2D eigenvalue weighted by molar-refractivity contribution is 6.34. The van der Waals surface area contributed by atoms with Crippen molar-refractivity contribution in [3.8, 4) is 16.9 Å². The average Bonchev–Trinajstić information content (AvgIpc) is 3.21. The quantitative estimate of drug-likeness (QED) is 0.312. The van der Waals surface area contributed by atoms with Crippen LogP contribution in [0, 0.1) is 6.92 Å². The van der Waals surface area contributed by atoms with Crippen molar-refractivity contribution in [3.05, 3.63) is 74.4 Å². The predicted molar refractivity (Wildman–Crippen MR) is 171 cm³/mol. The molecule has 2 saturated heterocycles. The number of rotatable bonds is 7. The monoisotopic (exact) mass is 637 g/mol. The van der Waals surface area contributed by atoms with Crippen molar-refractivity contribution in [2.24, 2.45) is 7.05 Å². The molecular formula is C30H33Cl2N9O3. The highest BCUT2D eigenvalue weighted by Gasteiger charge is 2.29. The number of nitrogens with two attached hydrogens (primary N) is 1. The molecule has 0 radical (unpaired) electrons. The van der Waals surface area contributed by atoms with Crippen LogP contribution in [0.2, 0.25) is 10.0 Å². The van der Waals surface area contributed by atoms with E-state index in [2.05, 4.69) is 25.1 Å². The van der Waals surface area contributed by atoms with E-state index in [0.717, 1.165) is 24.5 Å². The van der Waals surface area contributed by atoms with Crippen LogP contribution < -0.4 is 26.4 Å². The zero-order valence-corrected chi connectivity index (χ0v) is 26.1. The maximum absolute atomic E-state index is 13.4. The second kappa shape index (κ2) is 12.1. The van der Waals surface area contributed by atoms with Gasteiger partial charge in [0.25, 0.3) is 11.5 Å². The molecule has 6 rings (SSSR count). The molecule has 0 atom stereocenters. The largest absolute Gasteiger partial charge is 0.381 e. The Morgan fingerprint density at radius 2 is 1.84 bits per heavy atom. The standard InChI is InChI=1S/C30H33Cl2N9O3/c1-17-26(30(43)41(38(17)2)24-13-19(31)4-5-22(24)32)29(42)36-20-7-10-39(11-8-20)28-27(33)35-14-23(37-28)18-6-9-34-25(12-18)40-15-21(16-40)44-3/h4-6,9,12-14,20-21H,7-8,10-11,15-16H2,1-3H3,(H2,33,35)(H,36,42). The van der Waals surface area contributed by atoms with Gasteiger partial charge in [-0.25, -0.2) is 19.6 Å². The number of ether oxygens (including phenoxy) is 1. The van der Waals surface area contributed by atoms with Crippen molar-refractivity contribution in [1.82, 2.24) is 29.6 Å². The van der Waals surface area contributed by atoms with Gasteiger partial charge in [0, 0.05) is 63.2 Å². The van der Waals surface area contributed by atoms with Gasteiger partial charge in [-0.1, -0.05) is 23.2 Å². The minimum atomic E-state index is -0.462. The lowest BCUT2D eigenvalue weighted by atomic mass is 10.0. The van der Waals surface area contributed by atoms with Gasteiger partial charge in [-0.05, 0) is 50.1 Å². The van der Waals surface area contributed by atoms with Crippen LogP contribution in [-0.4, -0.2) is 75.7 Å². The second-order valence-electron chi connectivity index (χ2n) is 11.1. The Labute approximate surface area is 264 Å². The molecule has 2 fully saturated rings. The fraction of sp³-hybridized carbons (Fsp3) is 0.367. The lowest BCUT2D eigenvalue weighted by Gasteiger charge is -2.39. The van der Waals surface area contributed by atoms with Gasteiger partial charge in [0.2, 0.25) is 0 Å². The number of piperidine rings is 1. The Morgan fingerprint density at radius 1 is 1.09 bits per heavy atom. The summed E-state index contributed by atoms with van der Waals surface area (Å²) in [5.41, 5.74) is 8.41. The summed E-state index contributed by atoms with van der Waals surface area (Å²) in [6.07, 6.45) is 4.95. The summed E-state index contributed by atoms with van der Waals surface area (Å²) in [6.45, 7) is 4.54.